The fourth-order valence-corrected chi connectivity index (χ4v) is 1.14. The fourth-order valence-electron chi connectivity index (χ4n) is 1.14. The Hall–Kier alpha value is -0.570. The first-order valence-electron chi connectivity index (χ1n) is 4.79. The zero-order chi connectivity index (χ0) is 10.1. The van der Waals surface area contributed by atoms with Gasteiger partial charge in [-0.15, -0.1) is 0 Å². The number of nitrogens with one attached hydrogen (secondary N) is 1. The van der Waals surface area contributed by atoms with E-state index in [-0.39, 0.29) is 17.9 Å². The van der Waals surface area contributed by atoms with Crippen LogP contribution in [-0.2, 0) is 4.79 Å². The molecule has 0 aromatic carbocycles. The minimum Gasteiger partial charge on any atom is -0.395 e. The molecule has 0 aromatic heterocycles. The third-order valence-corrected chi connectivity index (χ3v) is 2.42. The topological polar surface area (TPSA) is 49.3 Å². The Morgan fingerprint density at radius 1 is 1.46 bits per heavy atom. The lowest BCUT2D eigenvalue weighted by molar-refractivity contribution is -0.128. The fraction of sp³-hybridized carbons (Fsp3) is 0.900. The zero-order valence-electron chi connectivity index (χ0n) is 8.68. The summed E-state index contributed by atoms with van der Waals surface area (Å²) in [5, 5.41) is 11.9. The lowest BCUT2D eigenvalue weighted by Crippen LogP contribution is -2.38. The van der Waals surface area contributed by atoms with Crippen LogP contribution < -0.4 is 5.32 Å². The number of amides is 1. The highest BCUT2D eigenvalue weighted by Gasteiger charge is 2.49. The molecule has 1 amide bonds. The smallest absolute Gasteiger partial charge is 0.228 e. The van der Waals surface area contributed by atoms with E-state index in [1.165, 1.54) is 0 Å². The van der Waals surface area contributed by atoms with Crippen molar-refractivity contribution in [1.82, 2.24) is 5.32 Å². The van der Waals surface area contributed by atoms with Crippen LogP contribution in [0.15, 0.2) is 0 Å². The van der Waals surface area contributed by atoms with E-state index in [0.717, 1.165) is 12.8 Å². The van der Waals surface area contributed by atoms with Gasteiger partial charge >= 0.3 is 0 Å². The van der Waals surface area contributed by atoms with Crippen LogP contribution >= 0.6 is 0 Å². The Bertz CT molecular complexity index is 201. The van der Waals surface area contributed by atoms with Crippen LogP contribution in [0.5, 0.6) is 0 Å². The Labute approximate surface area is 79.5 Å². The molecule has 1 aliphatic carbocycles. The second-order valence-corrected chi connectivity index (χ2v) is 5.18. The molecule has 0 saturated heterocycles. The van der Waals surface area contributed by atoms with Gasteiger partial charge in [0.15, 0.2) is 0 Å². The van der Waals surface area contributed by atoms with Gasteiger partial charge in [-0.1, -0.05) is 20.8 Å². The van der Waals surface area contributed by atoms with Gasteiger partial charge in [0, 0.05) is 6.54 Å². The van der Waals surface area contributed by atoms with Gasteiger partial charge < -0.3 is 10.4 Å². The zero-order valence-corrected chi connectivity index (χ0v) is 8.68. The first-order valence-corrected chi connectivity index (χ1v) is 4.79. The van der Waals surface area contributed by atoms with Crippen molar-refractivity contribution in [3.8, 4) is 0 Å². The van der Waals surface area contributed by atoms with Gasteiger partial charge in [0.05, 0.1) is 12.0 Å². The molecule has 0 aliphatic heterocycles. The molecule has 3 heteroatoms. The SMILES string of the molecule is CC(C)(C)CNC(=O)C1(CO)CC1. The molecule has 0 radical (unpaired) electrons. The normalized spacial score (nSPS) is 19.7. The number of carbonyl (C=O) groups excluding carboxylic acids is 1. The van der Waals surface area contributed by atoms with Crippen molar-refractivity contribution in [3.63, 3.8) is 0 Å². The lowest BCUT2D eigenvalue weighted by atomic mass is 9.96. The van der Waals surface area contributed by atoms with Gasteiger partial charge in [0.25, 0.3) is 0 Å². The lowest BCUT2D eigenvalue weighted by Gasteiger charge is -2.20. The van der Waals surface area contributed by atoms with E-state index in [4.69, 9.17) is 5.11 Å². The number of hydrogen-bond donors (Lipinski definition) is 2. The van der Waals surface area contributed by atoms with Gasteiger partial charge in [-0.2, -0.15) is 0 Å². The Kier molecular flexibility index (Phi) is 2.66. The van der Waals surface area contributed by atoms with E-state index in [2.05, 4.69) is 26.1 Å². The molecule has 1 saturated carbocycles. The number of hydrogen-bond acceptors (Lipinski definition) is 2. The predicted molar refractivity (Wildman–Crippen MR) is 51.2 cm³/mol. The maximum absolute atomic E-state index is 11.5. The summed E-state index contributed by atoms with van der Waals surface area (Å²) < 4.78 is 0. The third kappa shape index (κ3) is 2.69. The molecule has 0 unspecified atom stereocenters. The summed E-state index contributed by atoms with van der Waals surface area (Å²) in [6, 6.07) is 0. The molecule has 2 N–H and O–H groups in total. The highest BCUT2D eigenvalue weighted by atomic mass is 16.3. The monoisotopic (exact) mass is 185 g/mol. The molecule has 76 valence electrons. The average molecular weight is 185 g/mol. The summed E-state index contributed by atoms with van der Waals surface area (Å²) in [4.78, 5) is 11.5. The molecule has 0 atom stereocenters. The van der Waals surface area contributed by atoms with Gasteiger partial charge in [-0.25, -0.2) is 0 Å². The average Bonchev–Trinajstić information content (AvgIpc) is 2.79. The number of rotatable bonds is 3. The molecule has 3 nitrogen and oxygen atoms in total. The molecule has 0 bridgehead atoms. The summed E-state index contributed by atoms with van der Waals surface area (Å²) in [5.74, 6) is 0.0184. The minimum atomic E-state index is -0.425. The van der Waals surface area contributed by atoms with Crippen LogP contribution in [-0.4, -0.2) is 24.2 Å². The van der Waals surface area contributed by atoms with Gasteiger partial charge in [-0.3, -0.25) is 4.79 Å². The van der Waals surface area contributed by atoms with Gasteiger partial charge in [0.1, 0.15) is 0 Å². The molecular weight excluding hydrogens is 166 g/mol. The van der Waals surface area contributed by atoms with Crippen molar-refractivity contribution in [2.24, 2.45) is 10.8 Å². The molecule has 1 aliphatic rings. The first-order chi connectivity index (χ1) is 5.90. The maximum atomic E-state index is 11.5. The van der Waals surface area contributed by atoms with Crippen molar-refractivity contribution >= 4 is 5.91 Å². The quantitative estimate of drug-likeness (QED) is 0.687. The van der Waals surface area contributed by atoms with E-state index >= 15 is 0 Å². The summed E-state index contributed by atoms with van der Waals surface area (Å²) in [6.07, 6.45) is 1.67. The Morgan fingerprint density at radius 3 is 2.31 bits per heavy atom. The third-order valence-electron chi connectivity index (χ3n) is 2.42. The molecule has 13 heavy (non-hydrogen) atoms. The largest absolute Gasteiger partial charge is 0.395 e. The molecule has 1 rings (SSSR count). The van der Waals surface area contributed by atoms with Crippen LogP contribution in [0.3, 0.4) is 0 Å². The summed E-state index contributed by atoms with van der Waals surface area (Å²) in [6.45, 7) is 6.89. The van der Waals surface area contributed by atoms with E-state index in [9.17, 15) is 4.79 Å². The number of aliphatic hydroxyl groups excluding tert-OH is 1. The van der Waals surface area contributed by atoms with Crippen LogP contribution in [0.25, 0.3) is 0 Å². The van der Waals surface area contributed by atoms with Crippen molar-refractivity contribution in [2.75, 3.05) is 13.2 Å². The van der Waals surface area contributed by atoms with Crippen LogP contribution in [0.4, 0.5) is 0 Å². The standard InChI is InChI=1S/C10H19NO2/c1-9(2,3)6-11-8(13)10(7-12)4-5-10/h12H,4-7H2,1-3H3,(H,11,13). The molecule has 1 fully saturated rings. The highest BCUT2D eigenvalue weighted by molar-refractivity contribution is 5.85. The Morgan fingerprint density at radius 2 is 2.00 bits per heavy atom. The van der Waals surface area contributed by atoms with Crippen molar-refractivity contribution < 1.29 is 9.90 Å². The van der Waals surface area contributed by atoms with E-state index < -0.39 is 5.41 Å². The van der Waals surface area contributed by atoms with Gasteiger partial charge in [0.2, 0.25) is 5.91 Å². The summed E-state index contributed by atoms with van der Waals surface area (Å²) in [7, 11) is 0. The maximum Gasteiger partial charge on any atom is 0.228 e. The van der Waals surface area contributed by atoms with Crippen molar-refractivity contribution in [3.05, 3.63) is 0 Å². The van der Waals surface area contributed by atoms with Crippen LogP contribution in [0.2, 0.25) is 0 Å². The molecule has 0 aromatic rings. The van der Waals surface area contributed by atoms with Crippen LogP contribution in [0, 0.1) is 10.8 Å². The number of aliphatic hydroxyl groups is 1. The second-order valence-electron chi connectivity index (χ2n) is 5.18. The predicted octanol–water partition coefficient (Wildman–Crippen LogP) is 0.921. The van der Waals surface area contributed by atoms with Crippen LogP contribution in [0.1, 0.15) is 33.6 Å². The van der Waals surface area contributed by atoms with E-state index in [0.29, 0.717) is 6.54 Å². The highest BCUT2D eigenvalue weighted by Crippen LogP contribution is 2.45. The molecule has 0 spiro atoms. The second kappa shape index (κ2) is 3.29. The Balaban J connectivity index is 2.34. The summed E-state index contributed by atoms with van der Waals surface area (Å²) >= 11 is 0. The minimum absolute atomic E-state index is 0.0109. The van der Waals surface area contributed by atoms with Crippen molar-refractivity contribution in [1.29, 1.82) is 0 Å². The van der Waals surface area contributed by atoms with Crippen molar-refractivity contribution in [2.45, 2.75) is 33.6 Å². The van der Waals surface area contributed by atoms with E-state index in [1.807, 2.05) is 0 Å². The molecule has 0 heterocycles. The summed E-state index contributed by atoms with van der Waals surface area (Å²) in [5.41, 5.74) is -0.313. The van der Waals surface area contributed by atoms with Gasteiger partial charge in [-0.05, 0) is 18.3 Å². The molecular formula is C10H19NO2. The first kappa shape index (κ1) is 10.5. The number of carbonyl (C=O) groups is 1. The van der Waals surface area contributed by atoms with E-state index in [1.54, 1.807) is 0 Å².